The van der Waals surface area contributed by atoms with E-state index in [0.29, 0.717) is 25.6 Å². The van der Waals surface area contributed by atoms with E-state index >= 15 is 0 Å². The first-order chi connectivity index (χ1) is 17.8. The fourth-order valence-electron chi connectivity index (χ4n) is 6.78. The van der Waals surface area contributed by atoms with E-state index in [1.165, 1.54) is 0 Å². The van der Waals surface area contributed by atoms with Gasteiger partial charge >= 0.3 is 5.97 Å². The fourth-order valence-corrected chi connectivity index (χ4v) is 6.78. The Kier molecular flexibility index (Phi) is 8.96. The van der Waals surface area contributed by atoms with Crippen molar-refractivity contribution in [3.8, 4) is 11.8 Å². The molecule has 1 unspecified atom stereocenters. The molecule has 3 N–H and O–H groups in total. The Balaban J connectivity index is 1.68. The van der Waals surface area contributed by atoms with Crippen molar-refractivity contribution in [3.63, 3.8) is 0 Å². The van der Waals surface area contributed by atoms with Crippen LogP contribution in [0.15, 0.2) is 23.8 Å². The SMILES string of the molecule is CC#CC(C)(C)C(C)[C@H](O)/C=C/[C@@H]1[C@H]2CC3(C[C@H]2C[C@H]1O)OCC(=CC(C)(C)C(C)(C)C(C)(C)C(=O)O)CO3. The molecule has 2 aliphatic carbocycles. The van der Waals surface area contributed by atoms with Gasteiger partial charge in [0.25, 0.3) is 0 Å². The molecule has 6 nitrogen and oxygen atoms in total. The van der Waals surface area contributed by atoms with Gasteiger partial charge in [-0.05, 0) is 69.3 Å². The highest BCUT2D eigenvalue weighted by Crippen LogP contribution is 2.56. The molecule has 1 saturated heterocycles. The van der Waals surface area contributed by atoms with Crippen LogP contribution in [0, 0.1) is 57.2 Å². The molecule has 0 bridgehead atoms. The number of hydrogen-bond donors (Lipinski definition) is 3. The van der Waals surface area contributed by atoms with Crippen LogP contribution in [0.25, 0.3) is 0 Å². The van der Waals surface area contributed by atoms with Crippen molar-refractivity contribution in [1.82, 2.24) is 0 Å². The van der Waals surface area contributed by atoms with Crippen LogP contribution in [0.5, 0.6) is 0 Å². The minimum Gasteiger partial charge on any atom is -0.481 e. The lowest BCUT2D eigenvalue weighted by atomic mass is 9.54. The molecule has 6 heteroatoms. The topological polar surface area (TPSA) is 96.2 Å². The molecule has 1 spiro atoms. The van der Waals surface area contributed by atoms with E-state index < -0.39 is 40.2 Å². The predicted molar refractivity (Wildman–Crippen MR) is 154 cm³/mol. The number of aliphatic carboxylic acids is 1. The number of carbonyl (C=O) groups is 1. The van der Waals surface area contributed by atoms with E-state index in [9.17, 15) is 20.1 Å². The Morgan fingerprint density at radius 3 is 2.21 bits per heavy atom. The highest BCUT2D eigenvalue weighted by Gasteiger charge is 2.56. The quantitative estimate of drug-likeness (QED) is 0.263. The van der Waals surface area contributed by atoms with Crippen LogP contribution in [0.4, 0.5) is 0 Å². The first-order valence-electron chi connectivity index (χ1n) is 14.5. The van der Waals surface area contributed by atoms with Crippen molar-refractivity contribution >= 4 is 5.97 Å². The van der Waals surface area contributed by atoms with Gasteiger partial charge in [0.05, 0.1) is 30.8 Å². The van der Waals surface area contributed by atoms with Crippen LogP contribution < -0.4 is 0 Å². The maximum Gasteiger partial charge on any atom is 0.309 e. The summed E-state index contributed by atoms with van der Waals surface area (Å²) in [6.45, 7) is 20.6. The van der Waals surface area contributed by atoms with Crippen LogP contribution in [0.2, 0.25) is 0 Å². The van der Waals surface area contributed by atoms with E-state index in [1.54, 1.807) is 13.8 Å². The van der Waals surface area contributed by atoms with Crippen molar-refractivity contribution in [2.45, 2.75) is 106 Å². The Labute approximate surface area is 236 Å². The Hall–Kier alpha value is -1.65. The zero-order valence-corrected chi connectivity index (χ0v) is 25.8. The van der Waals surface area contributed by atoms with Crippen LogP contribution in [0.1, 0.15) is 88.5 Å². The normalized spacial score (nSPS) is 31.6. The lowest BCUT2D eigenvalue weighted by Crippen LogP contribution is -2.48. The Morgan fingerprint density at radius 2 is 1.67 bits per heavy atom. The van der Waals surface area contributed by atoms with Gasteiger partial charge in [0.2, 0.25) is 0 Å². The van der Waals surface area contributed by atoms with Crippen molar-refractivity contribution in [1.29, 1.82) is 0 Å². The summed E-state index contributed by atoms with van der Waals surface area (Å²) in [6, 6.07) is 0. The van der Waals surface area contributed by atoms with E-state index in [4.69, 9.17) is 9.47 Å². The van der Waals surface area contributed by atoms with E-state index in [1.807, 2.05) is 53.7 Å². The zero-order chi connectivity index (χ0) is 29.6. The fraction of sp³-hybridized carbons (Fsp3) is 0.788. The number of aliphatic hydroxyl groups is 2. The summed E-state index contributed by atoms with van der Waals surface area (Å²) in [4.78, 5) is 12.0. The number of carboxylic acid groups (broad SMARTS) is 1. The molecule has 0 aromatic rings. The van der Waals surface area contributed by atoms with Crippen molar-refractivity contribution in [3.05, 3.63) is 23.8 Å². The Morgan fingerprint density at radius 1 is 1.08 bits per heavy atom. The first kappa shape index (κ1) is 31.9. The van der Waals surface area contributed by atoms with Crippen molar-refractivity contribution in [2.75, 3.05) is 13.2 Å². The molecular weight excluding hydrogens is 492 g/mol. The number of rotatable bonds is 8. The largest absolute Gasteiger partial charge is 0.481 e. The Bertz CT molecular complexity index is 1030. The van der Waals surface area contributed by atoms with Gasteiger partial charge in [-0.15, -0.1) is 5.92 Å². The average molecular weight is 545 g/mol. The molecule has 3 rings (SSSR count). The average Bonchev–Trinajstić information content (AvgIpc) is 3.30. The number of aliphatic hydroxyl groups excluding tert-OH is 2. The minimum absolute atomic E-state index is 0.0429. The number of allylic oxidation sites excluding steroid dienone is 1. The molecule has 0 radical (unpaired) electrons. The van der Waals surface area contributed by atoms with Gasteiger partial charge in [0.15, 0.2) is 5.79 Å². The molecule has 0 aromatic carbocycles. The second-order valence-electron chi connectivity index (χ2n) is 14.5. The molecule has 3 aliphatic rings. The highest BCUT2D eigenvalue weighted by atomic mass is 16.7. The van der Waals surface area contributed by atoms with Crippen LogP contribution >= 0.6 is 0 Å². The van der Waals surface area contributed by atoms with Crippen molar-refractivity contribution in [2.24, 2.45) is 45.3 Å². The van der Waals surface area contributed by atoms with Crippen LogP contribution in [-0.2, 0) is 14.3 Å². The third-order valence-electron chi connectivity index (χ3n) is 11.2. The third kappa shape index (κ3) is 6.03. The molecule has 0 aromatic heterocycles. The molecule has 220 valence electrons. The summed E-state index contributed by atoms with van der Waals surface area (Å²) in [5.41, 5.74) is -1.11. The van der Waals surface area contributed by atoms with Crippen LogP contribution in [-0.4, -0.2) is 52.5 Å². The van der Waals surface area contributed by atoms with Gasteiger partial charge in [-0.25, -0.2) is 0 Å². The summed E-state index contributed by atoms with van der Waals surface area (Å²) in [5, 5.41) is 31.5. The molecule has 39 heavy (non-hydrogen) atoms. The van der Waals surface area contributed by atoms with Crippen molar-refractivity contribution < 1.29 is 29.6 Å². The predicted octanol–water partition coefficient (Wildman–Crippen LogP) is 5.83. The third-order valence-corrected chi connectivity index (χ3v) is 11.2. The van der Waals surface area contributed by atoms with Gasteiger partial charge in [-0.3, -0.25) is 4.79 Å². The lowest BCUT2D eigenvalue weighted by Gasteiger charge is -2.49. The standard InChI is InChI=1S/C33H52O6/c1-11-14-29(3,4)21(2)26(34)13-12-24-25-18-33(17-23(25)15-27(24)35)38-19-22(20-39-33)16-30(5,6)32(9,10)31(7,8)28(36)37/h12-13,16,21,23-27,34-35H,15,17-20H2,1-10H3,(H,36,37)/b13-12+,22-16?/t21?,23-,24-,25+,26-,27-,33?/m1/s1. The summed E-state index contributed by atoms with van der Waals surface area (Å²) in [7, 11) is 0. The number of ether oxygens (including phenoxy) is 2. The summed E-state index contributed by atoms with van der Waals surface area (Å²) in [6.07, 6.45) is 7.10. The number of hydrogen-bond acceptors (Lipinski definition) is 5. The summed E-state index contributed by atoms with van der Waals surface area (Å²) in [5.74, 6) is 5.16. The molecule has 1 heterocycles. The van der Waals surface area contributed by atoms with E-state index in [-0.39, 0.29) is 23.2 Å². The second-order valence-corrected chi connectivity index (χ2v) is 14.5. The monoisotopic (exact) mass is 544 g/mol. The highest BCUT2D eigenvalue weighted by molar-refractivity contribution is 5.75. The lowest BCUT2D eigenvalue weighted by molar-refractivity contribution is -0.249. The van der Waals surface area contributed by atoms with Gasteiger partial charge in [0.1, 0.15) is 0 Å². The molecule has 2 saturated carbocycles. The zero-order valence-electron chi connectivity index (χ0n) is 25.8. The summed E-state index contributed by atoms with van der Waals surface area (Å²) < 4.78 is 12.8. The van der Waals surface area contributed by atoms with E-state index in [0.717, 1.165) is 18.4 Å². The van der Waals surface area contributed by atoms with Crippen LogP contribution in [0.3, 0.4) is 0 Å². The van der Waals surface area contributed by atoms with Gasteiger partial charge in [-0.1, -0.05) is 58.8 Å². The minimum atomic E-state index is -0.915. The van der Waals surface area contributed by atoms with Gasteiger partial charge in [-0.2, -0.15) is 0 Å². The summed E-state index contributed by atoms with van der Waals surface area (Å²) >= 11 is 0. The van der Waals surface area contributed by atoms with Gasteiger partial charge in [0, 0.05) is 30.1 Å². The molecule has 6 atom stereocenters. The molecule has 3 fully saturated rings. The molecule has 1 aliphatic heterocycles. The van der Waals surface area contributed by atoms with E-state index in [2.05, 4.69) is 31.8 Å². The smallest absolute Gasteiger partial charge is 0.309 e. The van der Waals surface area contributed by atoms with Gasteiger partial charge < -0.3 is 24.8 Å². The molecule has 0 amide bonds. The maximum absolute atomic E-state index is 12.0. The maximum atomic E-state index is 12.0. The number of fused-ring (bicyclic) bond motifs is 1. The number of carboxylic acids is 1. The second kappa shape index (κ2) is 11.0. The first-order valence-corrected chi connectivity index (χ1v) is 14.5. The molecular formula is C33H52O6.